The molecule has 2 N–H and O–H groups in total. The second-order valence-corrected chi connectivity index (χ2v) is 5.38. The fraction of sp³-hybridized carbons (Fsp3) is 0.0625. The van der Waals surface area contributed by atoms with Crippen LogP contribution < -0.4 is 5.73 Å². The Bertz CT molecular complexity index is 693. The van der Waals surface area contributed by atoms with Crippen molar-refractivity contribution in [3.63, 3.8) is 0 Å². The van der Waals surface area contributed by atoms with Gasteiger partial charge in [-0.3, -0.25) is 0 Å². The van der Waals surface area contributed by atoms with E-state index >= 15 is 0 Å². The lowest BCUT2D eigenvalue weighted by Crippen LogP contribution is -2.11. The maximum atomic E-state index is 13.7. The molecule has 0 bridgehead atoms. The van der Waals surface area contributed by atoms with Crippen molar-refractivity contribution in [1.82, 2.24) is 4.98 Å². The predicted molar refractivity (Wildman–Crippen MR) is 80.0 cm³/mol. The van der Waals surface area contributed by atoms with E-state index in [4.69, 9.17) is 5.73 Å². The van der Waals surface area contributed by atoms with Crippen molar-refractivity contribution in [2.75, 3.05) is 0 Å². The standard InChI is InChI=1S/C16H13FN2S/c17-14-4-2-1-3-13(14)11-5-7-12(8-6-11)15(18)16-19-9-10-20-16/h1-10,15H,18H2/t15-/m1/s1. The first-order valence-corrected chi connectivity index (χ1v) is 7.13. The summed E-state index contributed by atoms with van der Waals surface area (Å²) in [6.45, 7) is 0. The summed E-state index contributed by atoms with van der Waals surface area (Å²) in [4.78, 5) is 4.22. The van der Waals surface area contributed by atoms with Crippen molar-refractivity contribution in [3.05, 3.63) is 76.5 Å². The van der Waals surface area contributed by atoms with Crippen LogP contribution in [0.25, 0.3) is 11.1 Å². The van der Waals surface area contributed by atoms with Crippen LogP contribution in [-0.2, 0) is 0 Å². The zero-order chi connectivity index (χ0) is 13.9. The Morgan fingerprint density at radius 2 is 1.80 bits per heavy atom. The second kappa shape index (κ2) is 5.53. The minimum Gasteiger partial charge on any atom is -0.318 e. The first-order valence-electron chi connectivity index (χ1n) is 6.25. The predicted octanol–water partition coefficient (Wildman–Crippen LogP) is 4.00. The second-order valence-electron chi connectivity index (χ2n) is 4.45. The zero-order valence-corrected chi connectivity index (χ0v) is 11.5. The van der Waals surface area contributed by atoms with Gasteiger partial charge in [-0.1, -0.05) is 42.5 Å². The smallest absolute Gasteiger partial charge is 0.131 e. The topological polar surface area (TPSA) is 38.9 Å². The van der Waals surface area contributed by atoms with E-state index in [9.17, 15) is 4.39 Å². The van der Waals surface area contributed by atoms with Crippen LogP contribution in [0, 0.1) is 5.82 Å². The molecule has 3 aromatic rings. The maximum Gasteiger partial charge on any atom is 0.131 e. The highest BCUT2D eigenvalue weighted by atomic mass is 32.1. The molecular formula is C16H13FN2S. The Morgan fingerprint density at radius 1 is 1.05 bits per heavy atom. The summed E-state index contributed by atoms with van der Waals surface area (Å²) >= 11 is 1.53. The number of hydrogen-bond donors (Lipinski definition) is 1. The van der Waals surface area contributed by atoms with Crippen LogP contribution in [0.5, 0.6) is 0 Å². The summed E-state index contributed by atoms with van der Waals surface area (Å²) in [5.41, 5.74) is 8.57. The largest absolute Gasteiger partial charge is 0.318 e. The molecule has 0 saturated heterocycles. The Labute approximate surface area is 120 Å². The normalized spacial score (nSPS) is 12.3. The quantitative estimate of drug-likeness (QED) is 0.789. The van der Waals surface area contributed by atoms with Gasteiger partial charge in [0.1, 0.15) is 10.8 Å². The Morgan fingerprint density at radius 3 is 2.45 bits per heavy atom. The van der Waals surface area contributed by atoms with Crippen molar-refractivity contribution < 1.29 is 4.39 Å². The first kappa shape index (κ1) is 13.0. The molecule has 0 radical (unpaired) electrons. The molecule has 0 aliphatic heterocycles. The van der Waals surface area contributed by atoms with Crippen molar-refractivity contribution >= 4 is 11.3 Å². The number of halogens is 1. The number of rotatable bonds is 3. The van der Waals surface area contributed by atoms with E-state index in [1.54, 1.807) is 18.3 Å². The van der Waals surface area contributed by atoms with Gasteiger partial charge in [-0.2, -0.15) is 0 Å². The number of nitrogens with two attached hydrogens (primary N) is 1. The van der Waals surface area contributed by atoms with E-state index in [0.717, 1.165) is 16.1 Å². The van der Waals surface area contributed by atoms with Crippen LogP contribution in [0.3, 0.4) is 0 Å². The summed E-state index contributed by atoms with van der Waals surface area (Å²) in [6, 6.07) is 14.1. The lowest BCUT2D eigenvalue weighted by molar-refractivity contribution is 0.631. The van der Waals surface area contributed by atoms with E-state index in [2.05, 4.69) is 4.98 Å². The summed E-state index contributed by atoms with van der Waals surface area (Å²) in [6.07, 6.45) is 1.74. The molecule has 0 fully saturated rings. The number of aromatic nitrogens is 1. The molecule has 2 aromatic carbocycles. The van der Waals surface area contributed by atoms with Crippen molar-refractivity contribution in [2.45, 2.75) is 6.04 Å². The SMILES string of the molecule is N[C@H](c1ccc(-c2ccccc2F)cc1)c1nccs1. The number of hydrogen-bond acceptors (Lipinski definition) is 3. The van der Waals surface area contributed by atoms with Crippen LogP contribution in [0.4, 0.5) is 4.39 Å². The Kier molecular flexibility index (Phi) is 3.58. The molecule has 1 atom stereocenters. The number of thiazole rings is 1. The summed E-state index contributed by atoms with van der Waals surface area (Å²) in [5.74, 6) is -0.218. The third-order valence-corrected chi connectivity index (χ3v) is 4.03. The highest BCUT2D eigenvalue weighted by Crippen LogP contribution is 2.26. The number of benzene rings is 2. The molecule has 20 heavy (non-hydrogen) atoms. The molecule has 0 spiro atoms. The van der Waals surface area contributed by atoms with Crippen LogP contribution in [0.2, 0.25) is 0 Å². The summed E-state index contributed by atoms with van der Waals surface area (Å²) in [7, 11) is 0. The Balaban J connectivity index is 1.90. The van der Waals surface area contributed by atoms with E-state index in [1.807, 2.05) is 35.7 Å². The fourth-order valence-electron chi connectivity index (χ4n) is 2.10. The van der Waals surface area contributed by atoms with E-state index in [-0.39, 0.29) is 11.9 Å². The average Bonchev–Trinajstić information content (AvgIpc) is 3.01. The van der Waals surface area contributed by atoms with Gasteiger partial charge in [0.2, 0.25) is 0 Å². The third-order valence-electron chi connectivity index (χ3n) is 3.17. The van der Waals surface area contributed by atoms with Gasteiger partial charge in [-0.05, 0) is 17.2 Å². The number of nitrogens with zero attached hydrogens (tertiary/aromatic N) is 1. The van der Waals surface area contributed by atoms with E-state index in [0.29, 0.717) is 5.56 Å². The van der Waals surface area contributed by atoms with Crippen LogP contribution in [0.1, 0.15) is 16.6 Å². The zero-order valence-electron chi connectivity index (χ0n) is 10.7. The lowest BCUT2D eigenvalue weighted by atomic mass is 10.0. The van der Waals surface area contributed by atoms with Gasteiger partial charge >= 0.3 is 0 Å². The Hall–Kier alpha value is -2.04. The molecule has 0 unspecified atom stereocenters. The van der Waals surface area contributed by atoms with Crippen LogP contribution in [-0.4, -0.2) is 4.98 Å². The highest BCUT2D eigenvalue weighted by molar-refractivity contribution is 7.09. The van der Waals surface area contributed by atoms with Gasteiger partial charge < -0.3 is 5.73 Å². The van der Waals surface area contributed by atoms with E-state index < -0.39 is 0 Å². The van der Waals surface area contributed by atoms with Crippen molar-refractivity contribution in [3.8, 4) is 11.1 Å². The molecule has 0 amide bonds. The van der Waals surface area contributed by atoms with Crippen molar-refractivity contribution in [1.29, 1.82) is 0 Å². The van der Waals surface area contributed by atoms with Gasteiger partial charge in [-0.25, -0.2) is 9.37 Å². The van der Waals surface area contributed by atoms with Crippen molar-refractivity contribution in [2.24, 2.45) is 5.73 Å². The van der Waals surface area contributed by atoms with Gasteiger partial charge in [0.15, 0.2) is 0 Å². The van der Waals surface area contributed by atoms with Gasteiger partial charge in [-0.15, -0.1) is 11.3 Å². The molecule has 4 heteroatoms. The average molecular weight is 284 g/mol. The molecule has 0 saturated carbocycles. The van der Waals surface area contributed by atoms with Crippen LogP contribution in [0.15, 0.2) is 60.1 Å². The van der Waals surface area contributed by atoms with Crippen LogP contribution >= 0.6 is 11.3 Å². The molecule has 1 heterocycles. The third kappa shape index (κ3) is 2.48. The molecule has 100 valence electrons. The minimum absolute atomic E-state index is 0.218. The summed E-state index contributed by atoms with van der Waals surface area (Å²) in [5, 5.41) is 2.78. The van der Waals surface area contributed by atoms with Gasteiger partial charge in [0.05, 0.1) is 6.04 Å². The summed E-state index contributed by atoms with van der Waals surface area (Å²) < 4.78 is 13.7. The first-order chi connectivity index (χ1) is 9.75. The lowest BCUT2D eigenvalue weighted by Gasteiger charge is -2.10. The van der Waals surface area contributed by atoms with E-state index in [1.165, 1.54) is 17.4 Å². The van der Waals surface area contributed by atoms with Gasteiger partial charge in [0.25, 0.3) is 0 Å². The molecule has 2 nitrogen and oxygen atoms in total. The van der Waals surface area contributed by atoms with Gasteiger partial charge in [0, 0.05) is 17.1 Å². The minimum atomic E-state index is -0.232. The molecule has 3 rings (SSSR count). The highest BCUT2D eigenvalue weighted by Gasteiger charge is 2.11. The molecular weight excluding hydrogens is 271 g/mol. The molecule has 0 aliphatic rings. The monoisotopic (exact) mass is 284 g/mol. The molecule has 1 aromatic heterocycles. The molecule has 0 aliphatic carbocycles. The maximum absolute atomic E-state index is 13.7. The fourth-order valence-corrected chi connectivity index (χ4v) is 2.76.